The van der Waals surface area contributed by atoms with E-state index in [2.05, 4.69) is 10.6 Å². The highest BCUT2D eigenvalue weighted by Crippen LogP contribution is 2.17. The number of hydrogen-bond acceptors (Lipinski definition) is 3. The second-order valence-electron chi connectivity index (χ2n) is 5.63. The van der Waals surface area contributed by atoms with E-state index < -0.39 is 0 Å². The average Bonchev–Trinajstić information content (AvgIpc) is 2.56. The Morgan fingerprint density at radius 3 is 2.55 bits per heavy atom. The fourth-order valence-corrected chi connectivity index (χ4v) is 2.60. The molecule has 0 saturated carbocycles. The van der Waals surface area contributed by atoms with Crippen LogP contribution in [0, 0.1) is 5.92 Å². The molecule has 0 atom stereocenters. The van der Waals surface area contributed by atoms with Gasteiger partial charge in [0.15, 0.2) is 0 Å². The van der Waals surface area contributed by atoms with Gasteiger partial charge in [0.1, 0.15) is 5.75 Å². The van der Waals surface area contributed by atoms with Crippen LogP contribution < -0.4 is 15.4 Å². The smallest absolute Gasteiger partial charge is 0.314 e. The van der Waals surface area contributed by atoms with Crippen LogP contribution in [-0.2, 0) is 11.2 Å². The first kappa shape index (κ1) is 16.6. The molecule has 1 saturated heterocycles. The summed E-state index contributed by atoms with van der Waals surface area (Å²) in [6.45, 7) is 3.09. The van der Waals surface area contributed by atoms with Crippen LogP contribution in [-0.4, -0.2) is 39.4 Å². The largest absolute Gasteiger partial charge is 0.497 e. The maximum absolute atomic E-state index is 11.7. The monoisotopic (exact) mass is 306 g/mol. The molecule has 0 aliphatic carbocycles. The van der Waals surface area contributed by atoms with Crippen molar-refractivity contribution >= 4 is 6.03 Å². The van der Waals surface area contributed by atoms with Crippen LogP contribution in [0.5, 0.6) is 5.75 Å². The van der Waals surface area contributed by atoms with Crippen molar-refractivity contribution in [3.63, 3.8) is 0 Å². The molecule has 0 bridgehead atoms. The summed E-state index contributed by atoms with van der Waals surface area (Å²) in [4.78, 5) is 11.7. The minimum atomic E-state index is -0.0828. The Hall–Kier alpha value is -1.75. The van der Waals surface area contributed by atoms with Crippen LogP contribution in [0.3, 0.4) is 0 Å². The van der Waals surface area contributed by atoms with E-state index in [1.807, 2.05) is 24.3 Å². The summed E-state index contributed by atoms with van der Waals surface area (Å²) in [5.74, 6) is 1.54. The third-order valence-corrected chi connectivity index (χ3v) is 4.04. The summed E-state index contributed by atoms with van der Waals surface area (Å²) in [5, 5.41) is 5.82. The van der Waals surface area contributed by atoms with Gasteiger partial charge in [-0.1, -0.05) is 12.1 Å². The van der Waals surface area contributed by atoms with Crippen LogP contribution in [0.4, 0.5) is 4.79 Å². The first-order valence-electron chi connectivity index (χ1n) is 8.00. The number of urea groups is 1. The Morgan fingerprint density at radius 1 is 1.18 bits per heavy atom. The number of carbonyl (C=O) groups is 1. The Labute approximate surface area is 132 Å². The molecule has 1 aliphatic rings. The molecule has 122 valence electrons. The third-order valence-electron chi connectivity index (χ3n) is 4.04. The van der Waals surface area contributed by atoms with E-state index >= 15 is 0 Å². The molecule has 5 nitrogen and oxygen atoms in total. The molecule has 0 unspecified atom stereocenters. The SMILES string of the molecule is COc1ccc(CCNC(=O)NCCC2CCOCC2)cc1. The molecule has 2 amide bonds. The van der Waals surface area contributed by atoms with Crippen molar-refractivity contribution in [1.82, 2.24) is 10.6 Å². The first-order valence-corrected chi connectivity index (χ1v) is 8.00. The Bertz CT molecular complexity index is 442. The zero-order chi connectivity index (χ0) is 15.6. The fraction of sp³-hybridized carbons (Fsp3) is 0.588. The van der Waals surface area contributed by atoms with E-state index in [4.69, 9.17) is 9.47 Å². The van der Waals surface area contributed by atoms with Crippen molar-refractivity contribution in [1.29, 1.82) is 0 Å². The molecular weight excluding hydrogens is 280 g/mol. The van der Waals surface area contributed by atoms with E-state index in [-0.39, 0.29) is 6.03 Å². The van der Waals surface area contributed by atoms with Crippen molar-refractivity contribution in [2.75, 3.05) is 33.4 Å². The fourth-order valence-electron chi connectivity index (χ4n) is 2.60. The summed E-state index contributed by atoms with van der Waals surface area (Å²) >= 11 is 0. The molecule has 5 heteroatoms. The maximum Gasteiger partial charge on any atom is 0.314 e. The summed E-state index contributed by atoms with van der Waals surface area (Å²) in [5.41, 5.74) is 1.18. The molecule has 0 aromatic heterocycles. The Kier molecular flexibility index (Phi) is 7.03. The molecule has 22 heavy (non-hydrogen) atoms. The van der Waals surface area contributed by atoms with Gasteiger partial charge in [0.2, 0.25) is 0 Å². The number of hydrogen-bond donors (Lipinski definition) is 2. The topological polar surface area (TPSA) is 59.6 Å². The zero-order valence-electron chi connectivity index (χ0n) is 13.3. The van der Waals surface area contributed by atoms with Crippen LogP contribution in [0.25, 0.3) is 0 Å². The van der Waals surface area contributed by atoms with Gasteiger partial charge in [-0.05, 0) is 49.3 Å². The molecule has 0 radical (unpaired) electrons. The summed E-state index contributed by atoms with van der Waals surface area (Å²) in [7, 11) is 1.65. The third kappa shape index (κ3) is 5.93. The predicted molar refractivity (Wildman–Crippen MR) is 86.3 cm³/mol. The van der Waals surface area contributed by atoms with Crippen molar-refractivity contribution in [2.24, 2.45) is 5.92 Å². The van der Waals surface area contributed by atoms with E-state index in [0.717, 1.165) is 51.2 Å². The van der Waals surface area contributed by atoms with Gasteiger partial charge < -0.3 is 20.1 Å². The molecule has 2 rings (SSSR count). The number of nitrogens with one attached hydrogen (secondary N) is 2. The van der Waals surface area contributed by atoms with Crippen LogP contribution in [0.1, 0.15) is 24.8 Å². The predicted octanol–water partition coefficient (Wildman–Crippen LogP) is 2.35. The molecular formula is C17H26N2O3. The highest BCUT2D eigenvalue weighted by molar-refractivity contribution is 5.73. The maximum atomic E-state index is 11.7. The van der Waals surface area contributed by atoms with Crippen LogP contribution in [0.15, 0.2) is 24.3 Å². The minimum absolute atomic E-state index is 0.0828. The molecule has 1 aromatic carbocycles. The van der Waals surface area contributed by atoms with Gasteiger partial charge in [0.25, 0.3) is 0 Å². The molecule has 1 aliphatic heterocycles. The van der Waals surface area contributed by atoms with Gasteiger partial charge in [-0.2, -0.15) is 0 Å². The molecule has 1 heterocycles. The molecule has 2 N–H and O–H groups in total. The lowest BCUT2D eigenvalue weighted by Crippen LogP contribution is -2.37. The highest BCUT2D eigenvalue weighted by atomic mass is 16.5. The van der Waals surface area contributed by atoms with Gasteiger partial charge in [0, 0.05) is 26.3 Å². The van der Waals surface area contributed by atoms with Gasteiger partial charge in [-0.3, -0.25) is 0 Å². The van der Waals surface area contributed by atoms with Gasteiger partial charge in [-0.25, -0.2) is 4.79 Å². The van der Waals surface area contributed by atoms with Gasteiger partial charge >= 0.3 is 6.03 Å². The van der Waals surface area contributed by atoms with Crippen molar-refractivity contribution in [3.05, 3.63) is 29.8 Å². The van der Waals surface area contributed by atoms with Crippen molar-refractivity contribution in [2.45, 2.75) is 25.7 Å². The zero-order valence-corrected chi connectivity index (χ0v) is 13.3. The number of carbonyl (C=O) groups excluding carboxylic acids is 1. The van der Waals surface area contributed by atoms with Gasteiger partial charge in [0.05, 0.1) is 7.11 Å². The number of ether oxygens (including phenoxy) is 2. The molecule has 0 spiro atoms. The second-order valence-corrected chi connectivity index (χ2v) is 5.63. The van der Waals surface area contributed by atoms with E-state index in [1.54, 1.807) is 7.11 Å². The van der Waals surface area contributed by atoms with Crippen molar-refractivity contribution < 1.29 is 14.3 Å². The van der Waals surface area contributed by atoms with Gasteiger partial charge in [-0.15, -0.1) is 0 Å². The van der Waals surface area contributed by atoms with Crippen molar-refractivity contribution in [3.8, 4) is 5.75 Å². The number of methoxy groups -OCH3 is 1. The number of rotatable bonds is 7. The first-order chi connectivity index (χ1) is 10.8. The quantitative estimate of drug-likeness (QED) is 0.813. The minimum Gasteiger partial charge on any atom is -0.497 e. The number of amides is 2. The normalized spacial score (nSPS) is 15.3. The second kappa shape index (κ2) is 9.30. The standard InChI is InChI=1S/C17H26N2O3/c1-21-16-4-2-14(3-5-16)6-10-18-17(20)19-11-7-15-8-12-22-13-9-15/h2-5,15H,6-13H2,1H3,(H2,18,19,20). The van der Waals surface area contributed by atoms with E-state index in [1.165, 1.54) is 5.56 Å². The average molecular weight is 306 g/mol. The molecule has 1 fully saturated rings. The Balaban J connectivity index is 1.55. The van der Waals surface area contributed by atoms with E-state index in [0.29, 0.717) is 12.5 Å². The summed E-state index contributed by atoms with van der Waals surface area (Å²) < 4.78 is 10.4. The summed E-state index contributed by atoms with van der Waals surface area (Å²) in [6, 6.07) is 7.82. The lowest BCUT2D eigenvalue weighted by molar-refractivity contribution is 0.0642. The lowest BCUT2D eigenvalue weighted by Gasteiger charge is -2.21. The number of benzene rings is 1. The van der Waals surface area contributed by atoms with Crippen LogP contribution in [0.2, 0.25) is 0 Å². The van der Waals surface area contributed by atoms with E-state index in [9.17, 15) is 4.79 Å². The summed E-state index contributed by atoms with van der Waals surface area (Å²) in [6.07, 6.45) is 4.08. The highest BCUT2D eigenvalue weighted by Gasteiger charge is 2.13. The Morgan fingerprint density at radius 2 is 1.86 bits per heavy atom. The molecule has 1 aromatic rings. The lowest BCUT2D eigenvalue weighted by atomic mass is 9.97. The van der Waals surface area contributed by atoms with Crippen LogP contribution >= 0.6 is 0 Å².